The Balaban J connectivity index is 2.34. The van der Waals surface area contributed by atoms with Crippen LogP contribution in [0.1, 0.15) is 70.6 Å². The fourth-order valence-corrected chi connectivity index (χ4v) is 3.04. The van der Waals surface area contributed by atoms with Gasteiger partial charge in [-0.05, 0) is 25.1 Å². The van der Waals surface area contributed by atoms with Crippen LogP contribution < -0.4 is 0 Å². The highest BCUT2D eigenvalue weighted by Gasteiger charge is 2.12. The molecule has 0 aromatic rings. The summed E-state index contributed by atoms with van der Waals surface area (Å²) >= 11 is 5.71. The lowest BCUT2D eigenvalue weighted by Gasteiger charge is -2.19. The van der Waals surface area contributed by atoms with E-state index in [0.717, 1.165) is 12.2 Å². The highest BCUT2D eigenvalue weighted by molar-refractivity contribution is 6.93. The smallest absolute Gasteiger partial charge is 0.204 e. The maximum absolute atomic E-state index is 5.71. The van der Waals surface area contributed by atoms with Crippen molar-refractivity contribution in [3.63, 3.8) is 0 Å². The van der Waals surface area contributed by atoms with Crippen molar-refractivity contribution in [1.82, 2.24) is 0 Å². The average Bonchev–Trinajstić information content (AvgIpc) is 2.30. The summed E-state index contributed by atoms with van der Waals surface area (Å²) < 4.78 is 0. The van der Waals surface area contributed by atoms with E-state index in [4.69, 9.17) is 11.5 Å². The van der Waals surface area contributed by atoms with Crippen molar-refractivity contribution in [2.45, 2.75) is 76.9 Å². The molecule has 0 aliphatic heterocycles. The molecule has 1 aliphatic carbocycles. The largest absolute Gasteiger partial charge is 0.242 e. The van der Waals surface area contributed by atoms with Gasteiger partial charge in [0.1, 0.15) is 0 Å². The van der Waals surface area contributed by atoms with E-state index in [-0.39, 0.29) is 0 Å². The van der Waals surface area contributed by atoms with Crippen LogP contribution in [-0.4, -0.2) is 6.69 Å². The molecule has 0 bridgehead atoms. The minimum absolute atomic E-state index is 0.726. The van der Waals surface area contributed by atoms with Gasteiger partial charge in [-0.15, -0.1) is 6.58 Å². The van der Waals surface area contributed by atoms with Crippen molar-refractivity contribution >= 4 is 18.2 Å². The first-order chi connectivity index (χ1) is 8.34. The summed E-state index contributed by atoms with van der Waals surface area (Å²) in [7, 11) is 0. The van der Waals surface area contributed by atoms with Gasteiger partial charge in [-0.1, -0.05) is 63.4 Å². The van der Waals surface area contributed by atoms with Gasteiger partial charge in [-0.3, -0.25) is 0 Å². The van der Waals surface area contributed by atoms with E-state index in [1.807, 2.05) is 0 Å². The molecule has 1 fully saturated rings. The van der Waals surface area contributed by atoms with Crippen LogP contribution in [0.15, 0.2) is 12.2 Å². The molecule has 0 N–H and O–H groups in total. The van der Waals surface area contributed by atoms with Crippen LogP contribution in [0.25, 0.3) is 0 Å². The molecule has 0 amide bonds. The molecular formula is C15H27BCl. The molecule has 17 heavy (non-hydrogen) atoms. The first kappa shape index (κ1) is 15.2. The lowest BCUT2D eigenvalue weighted by atomic mass is 9.81. The standard InChI is InChI=1S/C15H27BCl/c1-14(13-16-17)15-11-9-7-5-3-2-4-6-8-10-12-15/h15H,1-13H2. The molecule has 97 valence electrons. The summed E-state index contributed by atoms with van der Waals surface area (Å²) in [5.41, 5.74) is 1.36. The third-order valence-corrected chi connectivity index (χ3v) is 4.18. The first-order valence-corrected chi connectivity index (χ1v) is 7.88. The van der Waals surface area contributed by atoms with E-state index in [9.17, 15) is 0 Å². The van der Waals surface area contributed by atoms with Gasteiger partial charge in [0.05, 0.1) is 0 Å². The molecule has 2 heteroatoms. The van der Waals surface area contributed by atoms with Crippen LogP contribution in [0.4, 0.5) is 0 Å². The second-order valence-electron chi connectivity index (χ2n) is 5.47. The normalized spacial score (nSPS) is 21.2. The topological polar surface area (TPSA) is 0 Å². The highest BCUT2D eigenvalue weighted by Crippen LogP contribution is 2.27. The highest BCUT2D eigenvalue weighted by atomic mass is 35.5. The van der Waals surface area contributed by atoms with Gasteiger partial charge in [0, 0.05) is 0 Å². The van der Waals surface area contributed by atoms with Crippen LogP contribution in [0, 0.1) is 5.92 Å². The van der Waals surface area contributed by atoms with E-state index in [2.05, 4.69) is 6.58 Å². The Hall–Kier alpha value is 0.0949. The first-order valence-electron chi connectivity index (χ1n) is 7.44. The molecule has 1 aliphatic rings. The average molecular weight is 254 g/mol. The molecule has 1 radical (unpaired) electrons. The number of allylic oxidation sites excluding steroid dienone is 1. The van der Waals surface area contributed by atoms with Gasteiger partial charge in [0.15, 0.2) is 0 Å². The van der Waals surface area contributed by atoms with E-state index in [0.29, 0.717) is 0 Å². The van der Waals surface area contributed by atoms with E-state index in [1.165, 1.54) is 76.2 Å². The van der Waals surface area contributed by atoms with Crippen molar-refractivity contribution in [1.29, 1.82) is 0 Å². The SMILES string of the molecule is C=C(C[B]Cl)C1CCCCCCCCCCC1. The Bertz CT molecular complexity index is 191. The molecule has 0 unspecified atom stereocenters. The molecule has 0 spiro atoms. The minimum Gasteiger partial charge on any atom is -0.204 e. The zero-order chi connectivity index (χ0) is 12.3. The molecule has 1 rings (SSSR count). The van der Waals surface area contributed by atoms with Crippen LogP contribution >= 0.6 is 11.5 Å². The van der Waals surface area contributed by atoms with Gasteiger partial charge in [-0.25, -0.2) is 11.5 Å². The number of halogens is 1. The molecule has 0 saturated heterocycles. The van der Waals surface area contributed by atoms with Gasteiger partial charge in [0.25, 0.3) is 0 Å². The molecule has 0 nitrogen and oxygen atoms in total. The zero-order valence-corrected chi connectivity index (χ0v) is 12.0. The van der Waals surface area contributed by atoms with Crippen molar-refractivity contribution in [2.75, 3.05) is 0 Å². The molecule has 0 aromatic carbocycles. The number of hydrogen-bond acceptors (Lipinski definition) is 0. The fraction of sp³-hybridized carbons (Fsp3) is 0.867. The summed E-state index contributed by atoms with van der Waals surface area (Å²) in [4.78, 5) is 0. The van der Waals surface area contributed by atoms with E-state index >= 15 is 0 Å². The lowest BCUT2D eigenvalue weighted by molar-refractivity contribution is 0.436. The van der Waals surface area contributed by atoms with Crippen molar-refractivity contribution in [3.8, 4) is 0 Å². The van der Waals surface area contributed by atoms with Gasteiger partial charge >= 0.3 is 0 Å². The molecule has 0 heterocycles. The summed E-state index contributed by atoms with van der Waals surface area (Å²) in [5, 5.41) is 0. The predicted octanol–water partition coefficient (Wildman–Crippen LogP) is 5.74. The second kappa shape index (κ2) is 10.1. The minimum atomic E-state index is 0.726. The Morgan fingerprint density at radius 3 is 1.71 bits per heavy atom. The van der Waals surface area contributed by atoms with Crippen LogP contribution in [-0.2, 0) is 0 Å². The van der Waals surface area contributed by atoms with Gasteiger partial charge in [-0.2, -0.15) is 0 Å². The Morgan fingerprint density at radius 2 is 1.29 bits per heavy atom. The number of rotatable bonds is 3. The summed E-state index contributed by atoms with van der Waals surface area (Å²) in [6.07, 6.45) is 16.4. The molecule has 0 aromatic heterocycles. The van der Waals surface area contributed by atoms with E-state index in [1.54, 1.807) is 6.69 Å². The Morgan fingerprint density at radius 1 is 0.882 bits per heavy atom. The summed E-state index contributed by atoms with van der Waals surface area (Å²) in [5.74, 6) is 0.726. The van der Waals surface area contributed by atoms with Gasteiger partial charge in [0.2, 0.25) is 6.69 Å². The third kappa shape index (κ3) is 7.19. The quantitative estimate of drug-likeness (QED) is 0.444. The van der Waals surface area contributed by atoms with Crippen LogP contribution in [0.2, 0.25) is 6.32 Å². The van der Waals surface area contributed by atoms with Crippen molar-refractivity contribution in [3.05, 3.63) is 12.2 Å². The van der Waals surface area contributed by atoms with E-state index < -0.39 is 0 Å². The molecule has 0 atom stereocenters. The monoisotopic (exact) mass is 253 g/mol. The lowest BCUT2D eigenvalue weighted by Crippen LogP contribution is -2.05. The summed E-state index contributed by atoms with van der Waals surface area (Å²) in [6.45, 7) is 5.96. The predicted molar refractivity (Wildman–Crippen MR) is 79.8 cm³/mol. The van der Waals surface area contributed by atoms with Gasteiger partial charge < -0.3 is 0 Å². The molecule has 1 saturated carbocycles. The van der Waals surface area contributed by atoms with Crippen molar-refractivity contribution in [2.24, 2.45) is 5.92 Å². The maximum atomic E-state index is 5.71. The number of hydrogen-bond donors (Lipinski definition) is 0. The maximum Gasteiger partial charge on any atom is 0.242 e. The summed E-state index contributed by atoms with van der Waals surface area (Å²) in [6, 6.07) is 0. The third-order valence-electron chi connectivity index (χ3n) is 4.02. The Labute approximate surface area is 113 Å². The van der Waals surface area contributed by atoms with Crippen LogP contribution in [0.3, 0.4) is 0 Å². The van der Waals surface area contributed by atoms with Crippen molar-refractivity contribution < 1.29 is 0 Å². The fourth-order valence-electron chi connectivity index (χ4n) is 2.84. The molecular weight excluding hydrogens is 226 g/mol. The Kier molecular flexibility index (Phi) is 8.97. The zero-order valence-electron chi connectivity index (χ0n) is 11.2. The second-order valence-corrected chi connectivity index (χ2v) is 5.78. The van der Waals surface area contributed by atoms with Crippen LogP contribution in [0.5, 0.6) is 0 Å².